The fourth-order valence-electron chi connectivity index (χ4n) is 3.64. The number of rotatable bonds is 6. The van der Waals surface area contributed by atoms with Crippen molar-refractivity contribution < 1.29 is 14.1 Å². The van der Waals surface area contributed by atoms with E-state index >= 15 is 0 Å². The summed E-state index contributed by atoms with van der Waals surface area (Å²) in [5.74, 6) is 0.475. The average molecular weight is 392 g/mol. The van der Waals surface area contributed by atoms with Gasteiger partial charge in [0.1, 0.15) is 0 Å². The Bertz CT molecular complexity index is 750. The van der Waals surface area contributed by atoms with E-state index in [1.165, 1.54) is 0 Å². The number of benzene rings is 1. The molecule has 3 rings (SSSR count). The van der Waals surface area contributed by atoms with Gasteiger partial charge in [-0.1, -0.05) is 16.8 Å². The van der Waals surface area contributed by atoms with Gasteiger partial charge in [0.15, 0.2) is 11.5 Å². The predicted octanol–water partition coefficient (Wildman–Crippen LogP) is 3.57. The Hall–Kier alpha value is -1.89. The second-order valence-electron chi connectivity index (χ2n) is 7.08. The summed E-state index contributed by atoms with van der Waals surface area (Å²) in [5.41, 5.74) is 1.18. The molecule has 0 saturated carbocycles. The zero-order chi connectivity index (χ0) is 19.4. The highest BCUT2D eigenvalue weighted by atomic mass is 35.5. The number of hydrogen-bond donors (Lipinski definition) is 0. The van der Waals surface area contributed by atoms with Crippen molar-refractivity contribution in [3.05, 3.63) is 41.0 Å². The predicted molar refractivity (Wildman–Crippen MR) is 105 cm³/mol. The maximum atomic E-state index is 12.9. The van der Waals surface area contributed by atoms with Crippen molar-refractivity contribution in [2.75, 3.05) is 33.4 Å². The van der Waals surface area contributed by atoms with Crippen LogP contribution in [-0.2, 0) is 4.74 Å². The van der Waals surface area contributed by atoms with Gasteiger partial charge in [-0.3, -0.25) is 9.69 Å². The molecule has 0 bridgehead atoms. The zero-order valence-electron chi connectivity index (χ0n) is 16.0. The number of piperazine rings is 1. The summed E-state index contributed by atoms with van der Waals surface area (Å²) >= 11 is 5.92. The van der Waals surface area contributed by atoms with Crippen LogP contribution in [0.25, 0.3) is 11.3 Å². The molecule has 146 valence electrons. The summed E-state index contributed by atoms with van der Waals surface area (Å²) in [7, 11) is 1.72. The number of ether oxygens (including phenoxy) is 1. The minimum Gasteiger partial charge on any atom is -0.385 e. The molecule has 2 atom stereocenters. The quantitative estimate of drug-likeness (QED) is 0.704. The smallest absolute Gasteiger partial charge is 0.276 e. The zero-order valence-corrected chi connectivity index (χ0v) is 16.8. The summed E-state index contributed by atoms with van der Waals surface area (Å²) in [6.45, 7) is 7.40. The maximum Gasteiger partial charge on any atom is 0.276 e. The van der Waals surface area contributed by atoms with Crippen molar-refractivity contribution >= 4 is 17.5 Å². The minimum atomic E-state index is -0.0887. The Morgan fingerprint density at radius 2 is 1.93 bits per heavy atom. The van der Waals surface area contributed by atoms with Gasteiger partial charge in [0.05, 0.1) is 0 Å². The minimum absolute atomic E-state index is 0.0887. The lowest BCUT2D eigenvalue weighted by Gasteiger charge is -2.44. The van der Waals surface area contributed by atoms with Gasteiger partial charge in [-0.05, 0) is 44.5 Å². The molecule has 0 aliphatic carbocycles. The second-order valence-corrected chi connectivity index (χ2v) is 7.51. The number of carbonyl (C=O) groups excluding carboxylic acids is 1. The number of aromatic nitrogens is 1. The molecule has 2 unspecified atom stereocenters. The highest BCUT2D eigenvalue weighted by Crippen LogP contribution is 2.24. The lowest BCUT2D eigenvalue weighted by molar-refractivity contribution is 0.0264. The lowest BCUT2D eigenvalue weighted by Crippen LogP contribution is -2.58. The Morgan fingerprint density at radius 1 is 1.26 bits per heavy atom. The van der Waals surface area contributed by atoms with Crippen molar-refractivity contribution in [3.8, 4) is 11.3 Å². The third-order valence-electron chi connectivity index (χ3n) is 5.01. The first-order valence-electron chi connectivity index (χ1n) is 9.26. The molecular formula is C20H26ClN3O3. The van der Waals surface area contributed by atoms with Gasteiger partial charge in [-0.15, -0.1) is 0 Å². The van der Waals surface area contributed by atoms with E-state index in [4.69, 9.17) is 20.9 Å². The van der Waals surface area contributed by atoms with Crippen LogP contribution in [0.15, 0.2) is 34.9 Å². The van der Waals surface area contributed by atoms with Crippen LogP contribution in [0.4, 0.5) is 0 Å². The third kappa shape index (κ3) is 4.69. The van der Waals surface area contributed by atoms with Gasteiger partial charge in [0.2, 0.25) is 0 Å². The van der Waals surface area contributed by atoms with Gasteiger partial charge >= 0.3 is 0 Å². The molecule has 1 saturated heterocycles. The van der Waals surface area contributed by atoms with Crippen LogP contribution in [0.3, 0.4) is 0 Å². The Labute approximate surface area is 165 Å². The molecule has 6 nitrogen and oxygen atoms in total. The highest BCUT2D eigenvalue weighted by Gasteiger charge is 2.32. The van der Waals surface area contributed by atoms with E-state index in [1.54, 1.807) is 25.3 Å². The van der Waals surface area contributed by atoms with Crippen LogP contribution < -0.4 is 0 Å². The molecular weight excluding hydrogens is 366 g/mol. The molecule has 0 radical (unpaired) electrons. The van der Waals surface area contributed by atoms with Crippen molar-refractivity contribution in [1.29, 1.82) is 0 Å². The molecule has 27 heavy (non-hydrogen) atoms. The van der Waals surface area contributed by atoms with E-state index in [1.807, 2.05) is 17.0 Å². The van der Waals surface area contributed by atoms with Crippen LogP contribution in [0.2, 0.25) is 5.02 Å². The van der Waals surface area contributed by atoms with Gasteiger partial charge in [0.25, 0.3) is 5.91 Å². The Kier molecular flexibility index (Phi) is 6.52. The van der Waals surface area contributed by atoms with Crippen LogP contribution in [0.5, 0.6) is 0 Å². The van der Waals surface area contributed by atoms with Crippen LogP contribution in [0.1, 0.15) is 30.8 Å². The van der Waals surface area contributed by atoms with E-state index in [-0.39, 0.29) is 18.0 Å². The topological polar surface area (TPSA) is 58.8 Å². The summed E-state index contributed by atoms with van der Waals surface area (Å²) in [6.07, 6.45) is 0.993. The number of amides is 1. The van der Waals surface area contributed by atoms with Gasteiger partial charge in [-0.25, -0.2) is 0 Å². The molecule has 1 aliphatic heterocycles. The normalized spacial score (nSPS) is 20.8. The van der Waals surface area contributed by atoms with Crippen LogP contribution in [-0.4, -0.2) is 66.3 Å². The third-order valence-corrected chi connectivity index (χ3v) is 5.26. The molecule has 2 heterocycles. The Balaban J connectivity index is 1.65. The van der Waals surface area contributed by atoms with Gasteiger partial charge in [0, 0.05) is 62.1 Å². The summed E-state index contributed by atoms with van der Waals surface area (Å²) < 4.78 is 10.5. The number of carbonyl (C=O) groups is 1. The van der Waals surface area contributed by atoms with Crippen molar-refractivity contribution in [3.63, 3.8) is 0 Å². The van der Waals surface area contributed by atoms with E-state index < -0.39 is 0 Å². The fourth-order valence-corrected chi connectivity index (χ4v) is 3.77. The van der Waals surface area contributed by atoms with Gasteiger partial charge < -0.3 is 14.2 Å². The van der Waals surface area contributed by atoms with Gasteiger partial charge in [-0.2, -0.15) is 0 Å². The lowest BCUT2D eigenvalue weighted by atomic mass is 10.1. The van der Waals surface area contributed by atoms with Crippen molar-refractivity contribution in [2.24, 2.45) is 0 Å². The van der Waals surface area contributed by atoms with Crippen molar-refractivity contribution in [1.82, 2.24) is 15.0 Å². The maximum absolute atomic E-state index is 12.9. The average Bonchev–Trinajstić information content (AvgIpc) is 3.14. The second kappa shape index (κ2) is 8.87. The summed E-state index contributed by atoms with van der Waals surface area (Å²) in [5, 5.41) is 4.64. The molecule has 1 fully saturated rings. The molecule has 1 aliphatic rings. The molecule has 1 aromatic heterocycles. The highest BCUT2D eigenvalue weighted by molar-refractivity contribution is 6.30. The van der Waals surface area contributed by atoms with Crippen LogP contribution >= 0.6 is 11.6 Å². The first-order valence-corrected chi connectivity index (χ1v) is 9.64. The first-order chi connectivity index (χ1) is 13.0. The molecule has 2 aromatic rings. The van der Waals surface area contributed by atoms with E-state index in [2.05, 4.69) is 23.9 Å². The molecule has 1 amide bonds. The first kappa shape index (κ1) is 19.9. The molecule has 0 spiro atoms. The van der Waals surface area contributed by atoms with E-state index in [0.29, 0.717) is 29.6 Å². The number of hydrogen-bond acceptors (Lipinski definition) is 5. The summed E-state index contributed by atoms with van der Waals surface area (Å²) in [4.78, 5) is 17.2. The van der Waals surface area contributed by atoms with Crippen LogP contribution in [0, 0.1) is 0 Å². The standard InChI is InChI=1S/C20H26ClN3O3/c1-14-12-23(13-15(2)24(14)9-4-10-26-3)20(25)18-11-19(27-22-18)16-5-7-17(21)8-6-16/h5-8,11,14-15H,4,9-10,12-13H2,1-3H3. The van der Waals surface area contributed by atoms with E-state index in [9.17, 15) is 4.79 Å². The Morgan fingerprint density at radius 3 is 2.56 bits per heavy atom. The monoisotopic (exact) mass is 391 g/mol. The van der Waals surface area contributed by atoms with Crippen molar-refractivity contribution in [2.45, 2.75) is 32.4 Å². The largest absolute Gasteiger partial charge is 0.385 e. The fraction of sp³-hybridized carbons (Fsp3) is 0.500. The summed E-state index contributed by atoms with van der Waals surface area (Å²) in [6, 6.07) is 9.54. The SMILES string of the molecule is COCCCN1C(C)CN(C(=O)c2cc(-c3ccc(Cl)cc3)on2)CC1C. The molecule has 7 heteroatoms. The van der Waals surface area contributed by atoms with E-state index in [0.717, 1.165) is 25.1 Å². The number of methoxy groups -OCH3 is 1. The molecule has 1 aromatic carbocycles. The molecule has 0 N–H and O–H groups in total. The number of halogens is 1. The number of nitrogens with zero attached hydrogens (tertiary/aromatic N) is 3.